The molecule has 0 N–H and O–H groups in total. The van der Waals surface area contributed by atoms with Crippen molar-refractivity contribution in [3.63, 3.8) is 0 Å². The molecule has 0 aliphatic rings. The molecule has 0 aliphatic heterocycles. The molecule has 0 saturated heterocycles. The van der Waals surface area contributed by atoms with Gasteiger partial charge in [0.2, 0.25) is 0 Å². The molecule has 3 nitrogen and oxygen atoms in total. The number of amides is 1. The third-order valence-corrected chi connectivity index (χ3v) is 2.64. The molecular weight excluding hydrogens is 236 g/mol. The van der Waals surface area contributed by atoms with E-state index in [-0.39, 0.29) is 5.91 Å². The van der Waals surface area contributed by atoms with E-state index in [1.807, 2.05) is 11.8 Å². The van der Waals surface area contributed by atoms with Crippen LogP contribution in [-0.2, 0) is 0 Å². The topological polar surface area (TPSA) is 33.2 Å². The van der Waals surface area contributed by atoms with Gasteiger partial charge in [0.1, 0.15) is 5.15 Å². The molecule has 0 fully saturated rings. The van der Waals surface area contributed by atoms with Gasteiger partial charge >= 0.3 is 0 Å². The Labute approximate surface area is 108 Å². The van der Waals surface area contributed by atoms with Gasteiger partial charge in [-0.15, -0.1) is 0 Å². The van der Waals surface area contributed by atoms with Crippen LogP contribution in [0, 0.1) is 6.92 Å². The fourth-order valence-electron chi connectivity index (χ4n) is 1.79. The Morgan fingerprint density at radius 1 is 1.29 bits per heavy atom. The molecular formula is C13H19ClN2O. The predicted octanol–water partition coefficient (Wildman–Crippen LogP) is 3.31. The molecule has 1 aromatic rings. The van der Waals surface area contributed by atoms with E-state index in [9.17, 15) is 4.79 Å². The zero-order chi connectivity index (χ0) is 12.8. The third-order valence-electron chi connectivity index (χ3n) is 2.44. The lowest BCUT2D eigenvalue weighted by Crippen LogP contribution is -2.32. The van der Waals surface area contributed by atoms with Gasteiger partial charge in [-0.1, -0.05) is 25.4 Å². The lowest BCUT2D eigenvalue weighted by atomic mass is 10.2. The average molecular weight is 255 g/mol. The number of hydrogen-bond acceptors (Lipinski definition) is 2. The zero-order valence-corrected chi connectivity index (χ0v) is 11.4. The first-order valence-corrected chi connectivity index (χ1v) is 6.39. The van der Waals surface area contributed by atoms with Gasteiger partial charge in [-0.3, -0.25) is 4.79 Å². The van der Waals surface area contributed by atoms with E-state index < -0.39 is 0 Å². The molecule has 0 atom stereocenters. The van der Waals surface area contributed by atoms with Crippen molar-refractivity contribution < 1.29 is 4.79 Å². The van der Waals surface area contributed by atoms with Gasteiger partial charge in [-0.2, -0.15) is 0 Å². The first-order valence-electron chi connectivity index (χ1n) is 6.02. The summed E-state index contributed by atoms with van der Waals surface area (Å²) in [5.74, 6) is 0.0427. The van der Waals surface area contributed by atoms with Gasteiger partial charge in [0.15, 0.2) is 0 Å². The Morgan fingerprint density at radius 2 is 1.88 bits per heavy atom. The van der Waals surface area contributed by atoms with Crippen LogP contribution in [0.25, 0.3) is 0 Å². The molecule has 94 valence electrons. The quantitative estimate of drug-likeness (QED) is 0.756. The predicted molar refractivity (Wildman–Crippen MR) is 70.5 cm³/mol. The van der Waals surface area contributed by atoms with Crippen LogP contribution in [0.3, 0.4) is 0 Å². The van der Waals surface area contributed by atoms with Crippen LogP contribution in [0.5, 0.6) is 0 Å². The average Bonchev–Trinajstić information content (AvgIpc) is 2.26. The lowest BCUT2D eigenvalue weighted by Gasteiger charge is -2.21. The maximum atomic E-state index is 12.3. The molecule has 1 heterocycles. The second-order valence-electron chi connectivity index (χ2n) is 4.11. The number of aryl methyl sites for hydroxylation is 1. The Hall–Kier alpha value is -1.09. The number of nitrogens with zero attached hydrogens (tertiary/aromatic N) is 2. The van der Waals surface area contributed by atoms with Gasteiger partial charge in [0, 0.05) is 24.3 Å². The minimum absolute atomic E-state index is 0.0427. The van der Waals surface area contributed by atoms with Crippen molar-refractivity contribution >= 4 is 17.5 Å². The van der Waals surface area contributed by atoms with Crippen molar-refractivity contribution in [3.8, 4) is 0 Å². The largest absolute Gasteiger partial charge is 0.339 e. The van der Waals surface area contributed by atoms with Crippen molar-refractivity contribution in [2.45, 2.75) is 33.6 Å². The van der Waals surface area contributed by atoms with Crippen LogP contribution in [0.4, 0.5) is 0 Å². The summed E-state index contributed by atoms with van der Waals surface area (Å²) in [4.78, 5) is 18.2. The Morgan fingerprint density at radius 3 is 2.35 bits per heavy atom. The highest BCUT2D eigenvalue weighted by Gasteiger charge is 2.15. The molecule has 0 saturated carbocycles. The molecule has 0 unspecified atom stereocenters. The molecule has 17 heavy (non-hydrogen) atoms. The standard InChI is InChI=1S/C13H19ClN2O/c1-4-6-16(7-5-2)13(17)11-8-10(3)15-12(14)9-11/h8-9H,4-7H2,1-3H3. The highest BCUT2D eigenvalue weighted by Crippen LogP contribution is 2.13. The summed E-state index contributed by atoms with van der Waals surface area (Å²) < 4.78 is 0. The molecule has 4 heteroatoms. The van der Waals surface area contributed by atoms with Crippen molar-refractivity contribution in [3.05, 3.63) is 28.5 Å². The molecule has 0 bridgehead atoms. The maximum absolute atomic E-state index is 12.3. The van der Waals surface area contributed by atoms with Gasteiger partial charge in [0.25, 0.3) is 5.91 Å². The fourth-order valence-corrected chi connectivity index (χ4v) is 2.04. The molecule has 0 aliphatic carbocycles. The van der Waals surface area contributed by atoms with E-state index in [4.69, 9.17) is 11.6 Å². The summed E-state index contributed by atoms with van der Waals surface area (Å²) in [6.45, 7) is 7.55. The molecule has 1 aromatic heterocycles. The highest BCUT2D eigenvalue weighted by atomic mass is 35.5. The monoisotopic (exact) mass is 254 g/mol. The second-order valence-corrected chi connectivity index (χ2v) is 4.50. The number of rotatable bonds is 5. The Bertz CT molecular complexity index is 367. The summed E-state index contributed by atoms with van der Waals surface area (Å²) >= 11 is 5.87. The Balaban J connectivity index is 2.92. The van der Waals surface area contributed by atoms with Crippen LogP contribution in [0.2, 0.25) is 5.15 Å². The van der Waals surface area contributed by atoms with Gasteiger partial charge in [-0.05, 0) is 31.9 Å². The van der Waals surface area contributed by atoms with Crippen LogP contribution < -0.4 is 0 Å². The zero-order valence-electron chi connectivity index (χ0n) is 10.7. The summed E-state index contributed by atoms with van der Waals surface area (Å²) in [6, 6.07) is 3.42. The van der Waals surface area contributed by atoms with Crippen LogP contribution >= 0.6 is 11.6 Å². The van der Waals surface area contributed by atoms with Crippen molar-refractivity contribution in [2.75, 3.05) is 13.1 Å². The third kappa shape index (κ3) is 4.00. The van der Waals surface area contributed by atoms with Crippen LogP contribution in [0.15, 0.2) is 12.1 Å². The lowest BCUT2D eigenvalue weighted by molar-refractivity contribution is 0.0755. The number of carbonyl (C=O) groups excluding carboxylic acids is 1. The van der Waals surface area contributed by atoms with Crippen LogP contribution in [-0.4, -0.2) is 28.9 Å². The number of carbonyl (C=O) groups is 1. The minimum atomic E-state index is 0.0427. The molecule has 1 amide bonds. The molecule has 0 radical (unpaired) electrons. The summed E-state index contributed by atoms with van der Waals surface area (Å²) in [5, 5.41) is 0.376. The first kappa shape index (κ1) is 14.0. The van der Waals surface area contributed by atoms with E-state index in [1.54, 1.807) is 12.1 Å². The normalized spacial score (nSPS) is 10.4. The van der Waals surface area contributed by atoms with Gasteiger partial charge < -0.3 is 4.90 Å². The van der Waals surface area contributed by atoms with E-state index >= 15 is 0 Å². The number of hydrogen-bond donors (Lipinski definition) is 0. The number of halogens is 1. The second kappa shape index (κ2) is 6.60. The SMILES string of the molecule is CCCN(CCC)C(=O)c1cc(C)nc(Cl)c1. The van der Waals surface area contributed by atoms with Crippen molar-refractivity contribution in [1.29, 1.82) is 0 Å². The van der Waals surface area contributed by atoms with Gasteiger partial charge in [0.05, 0.1) is 0 Å². The first-order chi connectivity index (χ1) is 8.08. The van der Waals surface area contributed by atoms with E-state index in [1.165, 1.54) is 0 Å². The smallest absolute Gasteiger partial charge is 0.254 e. The summed E-state index contributed by atoms with van der Waals surface area (Å²) in [7, 11) is 0. The molecule has 0 aromatic carbocycles. The maximum Gasteiger partial charge on any atom is 0.254 e. The number of aromatic nitrogens is 1. The van der Waals surface area contributed by atoms with E-state index in [0.717, 1.165) is 31.6 Å². The fraction of sp³-hybridized carbons (Fsp3) is 0.538. The molecule has 0 spiro atoms. The van der Waals surface area contributed by atoms with E-state index in [0.29, 0.717) is 10.7 Å². The summed E-state index contributed by atoms with van der Waals surface area (Å²) in [6.07, 6.45) is 1.92. The van der Waals surface area contributed by atoms with E-state index in [2.05, 4.69) is 18.8 Å². The van der Waals surface area contributed by atoms with Crippen molar-refractivity contribution in [2.24, 2.45) is 0 Å². The van der Waals surface area contributed by atoms with Crippen molar-refractivity contribution in [1.82, 2.24) is 9.88 Å². The minimum Gasteiger partial charge on any atom is -0.339 e. The summed E-state index contributed by atoms with van der Waals surface area (Å²) in [5.41, 5.74) is 1.40. The molecule has 1 rings (SSSR count). The number of pyridine rings is 1. The highest BCUT2D eigenvalue weighted by molar-refractivity contribution is 6.29. The van der Waals surface area contributed by atoms with Gasteiger partial charge in [-0.25, -0.2) is 4.98 Å². The Kier molecular flexibility index (Phi) is 5.42. The van der Waals surface area contributed by atoms with Crippen LogP contribution in [0.1, 0.15) is 42.7 Å².